The first-order valence-corrected chi connectivity index (χ1v) is 11.3. The van der Waals surface area contributed by atoms with Gasteiger partial charge in [0.25, 0.3) is 5.91 Å². The number of hydrogen-bond acceptors (Lipinski definition) is 2. The van der Waals surface area contributed by atoms with Crippen LogP contribution in [0.4, 0.5) is 5.69 Å². The summed E-state index contributed by atoms with van der Waals surface area (Å²) < 4.78 is 1.84. The van der Waals surface area contributed by atoms with Gasteiger partial charge in [0.2, 0.25) is 0 Å². The molecule has 0 unspecified atom stereocenters. The van der Waals surface area contributed by atoms with Crippen molar-refractivity contribution in [3.05, 3.63) is 126 Å². The Morgan fingerprint density at radius 1 is 0.706 bits per heavy atom. The second-order valence-corrected chi connectivity index (χ2v) is 8.37. The van der Waals surface area contributed by atoms with Gasteiger partial charge in [-0.2, -0.15) is 5.10 Å². The number of carbonyl (C=O) groups excluding carboxylic acids is 1. The van der Waals surface area contributed by atoms with Crippen LogP contribution in [0.2, 0.25) is 0 Å². The van der Waals surface area contributed by atoms with Gasteiger partial charge in [0, 0.05) is 11.3 Å². The first kappa shape index (κ1) is 21.4. The SMILES string of the molecule is Cc1ccc(-n2nc(C(=O)Nc3ccccc3C)cc2-c2ccc(-c3ccccc3)cc2)cc1. The van der Waals surface area contributed by atoms with Crippen molar-refractivity contribution in [1.82, 2.24) is 9.78 Å². The lowest BCUT2D eigenvalue weighted by molar-refractivity contribution is 0.102. The molecule has 0 aliphatic heterocycles. The highest BCUT2D eigenvalue weighted by molar-refractivity contribution is 6.04. The number of rotatable bonds is 5. The number of amides is 1. The van der Waals surface area contributed by atoms with Crippen LogP contribution in [-0.2, 0) is 0 Å². The standard InChI is InChI=1S/C30H25N3O/c1-21-12-18-26(19-13-21)33-29(25-16-14-24(15-17-25)23-9-4-3-5-10-23)20-28(32-33)30(34)31-27-11-7-6-8-22(27)2/h3-20H,1-2H3,(H,31,34). The van der Waals surface area contributed by atoms with Gasteiger partial charge in [-0.1, -0.05) is 90.5 Å². The summed E-state index contributed by atoms with van der Waals surface area (Å²) in [4.78, 5) is 13.1. The zero-order valence-corrected chi connectivity index (χ0v) is 19.2. The van der Waals surface area contributed by atoms with Crippen LogP contribution >= 0.6 is 0 Å². The highest BCUT2D eigenvalue weighted by Gasteiger charge is 2.17. The van der Waals surface area contributed by atoms with Gasteiger partial charge in [0.05, 0.1) is 11.4 Å². The number of hydrogen-bond donors (Lipinski definition) is 1. The molecule has 0 saturated carbocycles. The van der Waals surface area contributed by atoms with E-state index in [0.717, 1.165) is 33.8 Å². The molecule has 34 heavy (non-hydrogen) atoms. The van der Waals surface area contributed by atoms with Crippen molar-refractivity contribution in [3.63, 3.8) is 0 Å². The predicted octanol–water partition coefficient (Wildman–Crippen LogP) is 7.08. The molecule has 4 nitrogen and oxygen atoms in total. The summed E-state index contributed by atoms with van der Waals surface area (Å²) in [5.41, 5.74) is 8.39. The second kappa shape index (κ2) is 9.20. The normalized spacial score (nSPS) is 10.8. The van der Waals surface area contributed by atoms with Gasteiger partial charge in [-0.3, -0.25) is 4.79 Å². The van der Waals surface area contributed by atoms with E-state index in [1.165, 1.54) is 11.1 Å². The Bertz CT molecular complexity index is 1430. The molecule has 0 atom stereocenters. The third-order valence-electron chi connectivity index (χ3n) is 5.90. The van der Waals surface area contributed by atoms with Crippen LogP contribution in [0, 0.1) is 13.8 Å². The fraction of sp³-hybridized carbons (Fsp3) is 0.0667. The number of para-hydroxylation sites is 1. The number of anilines is 1. The molecule has 166 valence electrons. The Balaban J connectivity index is 1.54. The van der Waals surface area contributed by atoms with Gasteiger partial charge in [-0.15, -0.1) is 0 Å². The van der Waals surface area contributed by atoms with Crippen molar-refractivity contribution in [2.75, 3.05) is 5.32 Å². The van der Waals surface area contributed by atoms with E-state index >= 15 is 0 Å². The zero-order chi connectivity index (χ0) is 23.5. The Kier molecular flexibility index (Phi) is 5.79. The minimum absolute atomic E-state index is 0.234. The summed E-state index contributed by atoms with van der Waals surface area (Å²) in [7, 11) is 0. The molecule has 0 spiro atoms. The molecule has 1 amide bonds. The summed E-state index contributed by atoms with van der Waals surface area (Å²) in [6.45, 7) is 4.03. The molecule has 0 saturated heterocycles. The van der Waals surface area contributed by atoms with Crippen molar-refractivity contribution >= 4 is 11.6 Å². The summed E-state index contributed by atoms with van der Waals surface area (Å²) >= 11 is 0. The van der Waals surface area contributed by atoms with E-state index in [1.54, 1.807) is 0 Å². The Hall–Kier alpha value is -4.44. The molecule has 0 radical (unpaired) electrons. The lowest BCUT2D eigenvalue weighted by atomic mass is 10.0. The van der Waals surface area contributed by atoms with Crippen LogP contribution in [0.25, 0.3) is 28.1 Å². The van der Waals surface area contributed by atoms with Crippen molar-refractivity contribution in [3.8, 4) is 28.1 Å². The molecule has 0 bridgehead atoms. The van der Waals surface area contributed by atoms with E-state index in [4.69, 9.17) is 5.10 Å². The van der Waals surface area contributed by atoms with Crippen LogP contribution < -0.4 is 5.32 Å². The number of benzene rings is 4. The molecule has 1 heterocycles. The van der Waals surface area contributed by atoms with E-state index in [2.05, 4.69) is 48.6 Å². The maximum atomic E-state index is 13.1. The molecule has 4 heteroatoms. The average Bonchev–Trinajstić information content (AvgIpc) is 3.32. The average molecular weight is 444 g/mol. The maximum absolute atomic E-state index is 13.1. The minimum atomic E-state index is -0.234. The molecule has 1 aromatic heterocycles. The van der Waals surface area contributed by atoms with Crippen molar-refractivity contribution < 1.29 is 4.79 Å². The first-order valence-electron chi connectivity index (χ1n) is 11.3. The Morgan fingerprint density at radius 3 is 2.03 bits per heavy atom. The van der Waals surface area contributed by atoms with Crippen LogP contribution in [0.15, 0.2) is 109 Å². The van der Waals surface area contributed by atoms with Gasteiger partial charge < -0.3 is 5.32 Å². The van der Waals surface area contributed by atoms with Crippen molar-refractivity contribution in [1.29, 1.82) is 0 Å². The van der Waals surface area contributed by atoms with Crippen molar-refractivity contribution in [2.45, 2.75) is 13.8 Å². The number of nitrogens with zero attached hydrogens (tertiary/aromatic N) is 2. The van der Waals surface area contributed by atoms with E-state index in [-0.39, 0.29) is 5.91 Å². The topological polar surface area (TPSA) is 46.9 Å². The summed E-state index contributed by atoms with van der Waals surface area (Å²) in [5, 5.41) is 7.69. The predicted molar refractivity (Wildman–Crippen MR) is 138 cm³/mol. The largest absolute Gasteiger partial charge is 0.320 e. The molecule has 0 fully saturated rings. The van der Waals surface area contributed by atoms with Gasteiger partial charge >= 0.3 is 0 Å². The van der Waals surface area contributed by atoms with Crippen molar-refractivity contribution in [2.24, 2.45) is 0 Å². The fourth-order valence-corrected chi connectivity index (χ4v) is 3.94. The van der Waals surface area contributed by atoms with E-state index in [1.807, 2.05) is 84.4 Å². The van der Waals surface area contributed by atoms with E-state index < -0.39 is 0 Å². The number of carbonyl (C=O) groups is 1. The molecular formula is C30H25N3O. The van der Waals surface area contributed by atoms with Crippen LogP contribution in [0.1, 0.15) is 21.6 Å². The van der Waals surface area contributed by atoms with Crippen LogP contribution in [0.5, 0.6) is 0 Å². The first-order chi connectivity index (χ1) is 16.6. The molecule has 4 aromatic carbocycles. The molecule has 5 rings (SSSR count). The molecule has 1 N–H and O–H groups in total. The van der Waals surface area contributed by atoms with Gasteiger partial charge in [0.1, 0.15) is 0 Å². The zero-order valence-electron chi connectivity index (χ0n) is 19.2. The molecular weight excluding hydrogens is 418 g/mol. The molecule has 0 aliphatic carbocycles. The van der Waals surface area contributed by atoms with Crippen LogP contribution in [-0.4, -0.2) is 15.7 Å². The van der Waals surface area contributed by atoms with Gasteiger partial charge in [0.15, 0.2) is 5.69 Å². The van der Waals surface area contributed by atoms with Gasteiger partial charge in [-0.25, -0.2) is 4.68 Å². The maximum Gasteiger partial charge on any atom is 0.276 e. The molecule has 5 aromatic rings. The minimum Gasteiger partial charge on any atom is -0.320 e. The smallest absolute Gasteiger partial charge is 0.276 e. The Morgan fingerprint density at radius 2 is 1.32 bits per heavy atom. The highest BCUT2D eigenvalue weighted by Crippen LogP contribution is 2.28. The lowest BCUT2D eigenvalue weighted by Crippen LogP contribution is -2.14. The number of aromatic nitrogens is 2. The van der Waals surface area contributed by atoms with E-state index in [0.29, 0.717) is 5.69 Å². The number of aryl methyl sites for hydroxylation is 2. The number of nitrogens with one attached hydrogen (secondary N) is 1. The summed E-state index contributed by atoms with van der Waals surface area (Å²) in [6, 6.07) is 36.4. The third kappa shape index (κ3) is 4.39. The fourth-order valence-electron chi connectivity index (χ4n) is 3.94. The second-order valence-electron chi connectivity index (χ2n) is 8.37. The highest BCUT2D eigenvalue weighted by atomic mass is 16.2. The molecule has 0 aliphatic rings. The summed E-state index contributed by atoms with van der Waals surface area (Å²) in [6.07, 6.45) is 0. The van der Waals surface area contributed by atoms with E-state index in [9.17, 15) is 4.79 Å². The van der Waals surface area contributed by atoms with Gasteiger partial charge in [-0.05, 0) is 54.8 Å². The quantitative estimate of drug-likeness (QED) is 0.316. The summed E-state index contributed by atoms with van der Waals surface area (Å²) in [5.74, 6) is -0.234. The monoisotopic (exact) mass is 443 g/mol. The van der Waals surface area contributed by atoms with Crippen LogP contribution in [0.3, 0.4) is 0 Å². The lowest BCUT2D eigenvalue weighted by Gasteiger charge is -2.09. The third-order valence-corrected chi connectivity index (χ3v) is 5.90. The Labute approximate surface area is 199 Å².